The highest BCUT2D eigenvalue weighted by Crippen LogP contribution is 2.12. The molecule has 0 bridgehead atoms. The lowest BCUT2D eigenvalue weighted by Gasteiger charge is -2.09. The van der Waals surface area contributed by atoms with Crippen molar-refractivity contribution in [3.63, 3.8) is 0 Å². The zero-order valence-electron chi connectivity index (χ0n) is 14.8. The molecule has 0 atom stereocenters. The Bertz CT molecular complexity index is 763. The summed E-state index contributed by atoms with van der Waals surface area (Å²) in [5.41, 5.74) is -1.18. The van der Waals surface area contributed by atoms with E-state index in [0.717, 1.165) is 20.3 Å². The van der Waals surface area contributed by atoms with Gasteiger partial charge in [0.25, 0.3) is 0 Å². The normalized spacial score (nSPS) is 10.8. The SMILES string of the molecule is CCOC(=O)CN=c1oc(C(=O)OCC)cc(C(=O)OC)c1C(=O)OC. The van der Waals surface area contributed by atoms with Crippen LogP contribution < -0.4 is 5.55 Å². The molecule has 1 heterocycles. The van der Waals surface area contributed by atoms with Crippen LogP contribution >= 0.6 is 0 Å². The molecule has 142 valence electrons. The van der Waals surface area contributed by atoms with E-state index >= 15 is 0 Å². The molecular weight excluding hydrogens is 350 g/mol. The zero-order chi connectivity index (χ0) is 19.7. The van der Waals surface area contributed by atoms with Crippen molar-refractivity contribution >= 4 is 23.9 Å². The van der Waals surface area contributed by atoms with Crippen molar-refractivity contribution in [1.29, 1.82) is 0 Å². The topological polar surface area (TPSA) is 131 Å². The molecule has 0 radical (unpaired) electrons. The molecule has 1 aromatic heterocycles. The zero-order valence-corrected chi connectivity index (χ0v) is 14.8. The number of rotatable bonds is 7. The Balaban J connectivity index is 3.63. The molecule has 0 saturated carbocycles. The number of carbonyl (C=O) groups is 4. The minimum absolute atomic E-state index is 0.0516. The van der Waals surface area contributed by atoms with Gasteiger partial charge in [-0.3, -0.25) is 4.79 Å². The largest absolute Gasteiger partial charge is 0.465 e. The average molecular weight is 369 g/mol. The van der Waals surface area contributed by atoms with Crippen molar-refractivity contribution in [2.75, 3.05) is 34.0 Å². The van der Waals surface area contributed by atoms with E-state index in [1.807, 2.05) is 0 Å². The third-order valence-corrected chi connectivity index (χ3v) is 2.89. The van der Waals surface area contributed by atoms with Gasteiger partial charge in [-0.15, -0.1) is 0 Å². The first kappa shape index (κ1) is 20.9. The van der Waals surface area contributed by atoms with Crippen molar-refractivity contribution in [2.45, 2.75) is 13.8 Å². The van der Waals surface area contributed by atoms with E-state index < -0.39 is 47.3 Å². The maximum absolute atomic E-state index is 12.1. The first-order chi connectivity index (χ1) is 12.4. The lowest BCUT2D eigenvalue weighted by molar-refractivity contribution is -0.141. The van der Waals surface area contributed by atoms with Gasteiger partial charge in [-0.1, -0.05) is 0 Å². The van der Waals surface area contributed by atoms with Gasteiger partial charge in [0.2, 0.25) is 11.3 Å². The standard InChI is InChI=1S/C16H19NO9/c1-5-24-11(18)8-17-13-12(16(21)23-4)9(14(19)22-3)7-10(26-13)15(20)25-6-2/h7H,5-6,8H2,1-4H3. The van der Waals surface area contributed by atoms with Gasteiger partial charge in [0, 0.05) is 6.07 Å². The molecule has 10 nitrogen and oxygen atoms in total. The summed E-state index contributed by atoms with van der Waals surface area (Å²) < 4.78 is 24.0. The van der Waals surface area contributed by atoms with Gasteiger partial charge < -0.3 is 23.4 Å². The van der Waals surface area contributed by atoms with Crippen LogP contribution in [-0.2, 0) is 23.7 Å². The van der Waals surface area contributed by atoms with Crippen LogP contribution in [-0.4, -0.2) is 57.9 Å². The molecule has 0 aliphatic rings. The van der Waals surface area contributed by atoms with Gasteiger partial charge in [0.05, 0.1) is 33.0 Å². The maximum atomic E-state index is 12.1. The van der Waals surface area contributed by atoms with Gasteiger partial charge in [0.15, 0.2) is 0 Å². The van der Waals surface area contributed by atoms with E-state index in [1.54, 1.807) is 13.8 Å². The lowest BCUT2D eigenvalue weighted by atomic mass is 10.1. The van der Waals surface area contributed by atoms with Crippen LogP contribution in [0.4, 0.5) is 0 Å². The molecule has 0 N–H and O–H groups in total. The molecule has 10 heteroatoms. The number of hydrogen-bond donors (Lipinski definition) is 0. The Hall–Kier alpha value is -3.17. The second-order valence-corrected chi connectivity index (χ2v) is 4.53. The van der Waals surface area contributed by atoms with Crippen LogP contribution in [0.1, 0.15) is 45.1 Å². The van der Waals surface area contributed by atoms with Crippen molar-refractivity contribution < 1.29 is 42.5 Å². The molecular formula is C16H19NO9. The highest BCUT2D eigenvalue weighted by Gasteiger charge is 2.26. The highest BCUT2D eigenvalue weighted by atomic mass is 16.5. The quantitative estimate of drug-likeness (QED) is 0.498. The predicted octanol–water partition coefficient (Wildman–Crippen LogP) is 0.493. The van der Waals surface area contributed by atoms with Crippen LogP contribution in [0.15, 0.2) is 15.5 Å². The van der Waals surface area contributed by atoms with Crippen LogP contribution in [0.25, 0.3) is 0 Å². The first-order valence-corrected chi connectivity index (χ1v) is 7.57. The van der Waals surface area contributed by atoms with Gasteiger partial charge in [-0.25, -0.2) is 19.4 Å². The molecule has 0 unspecified atom stereocenters. The van der Waals surface area contributed by atoms with E-state index in [0.29, 0.717) is 0 Å². The fourth-order valence-corrected chi connectivity index (χ4v) is 1.83. The molecule has 0 fully saturated rings. The number of carbonyl (C=O) groups excluding carboxylic acids is 4. The van der Waals surface area contributed by atoms with Gasteiger partial charge in [-0.05, 0) is 13.8 Å². The summed E-state index contributed by atoms with van der Waals surface area (Å²) in [6.45, 7) is 2.86. The Kier molecular flexibility index (Phi) is 8.00. The molecule has 0 aromatic carbocycles. The van der Waals surface area contributed by atoms with Crippen LogP contribution in [0.3, 0.4) is 0 Å². The maximum Gasteiger partial charge on any atom is 0.374 e. The van der Waals surface area contributed by atoms with Crippen LogP contribution in [0.2, 0.25) is 0 Å². The summed E-state index contributed by atoms with van der Waals surface area (Å²) in [6, 6.07) is 0.986. The second-order valence-electron chi connectivity index (χ2n) is 4.53. The third kappa shape index (κ3) is 5.16. The van der Waals surface area contributed by atoms with Crippen molar-refractivity contribution in [2.24, 2.45) is 4.99 Å². The van der Waals surface area contributed by atoms with E-state index in [2.05, 4.69) is 14.5 Å². The Labute approximate surface area is 148 Å². The van der Waals surface area contributed by atoms with Gasteiger partial charge >= 0.3 is 23.9 Å². The summed E-state index contributed by atoms with van der Waals surface area (Å²) in [5, 5.41) is 0. The Morgan fingerprint density at radius 3 is 2.12 bits per heavy atom. The van der Waals surface area contributed by atoms with Gasteiger partial charge in [-0.2, -0.15) is 0 Å². The van der Waals surface area contributed by atoms with E-state index in [9.17, 15) is 19.2 Å². The molecule has 0 saturated heterocycles. The number of methoxy groups -OCH3 is 2. The van der Waals surface area contributed by atoms with E-state index in [-0.39, 0.29) is 18.8 Å². The highest BCUT2D eigenvalue weighted by molar-refractivity contribution is 6.03. The summed E-state index contributed by atoms with van der Waals surface area (Å²) in [4.78, 5) is 51.4. The third-order valence-electron chi connectivity index (χ3n) is 2.89. The summed E-state index contributed by atoms with van der Waals surface area (Å²) in [5.74, 6) is -3.88. The average Bonchev–Trinajstić information content (AvgIpc) is 2.64. The van der Waals surface area contributed by atoms with Crippen molar-refractivity contribution in [3.8, 4) is 0 Å². The summed E-state index contributed by atoms with van der Waals surface area (Å²) >= 11 is 0. The molecule has 1 rings (SSSR count). The molecule has 0 aliphatic carbocycles. The van der Waals surface area contributed by atoms with E-state index in [4.69, 9.17) is 13.9 Å². The Morgan fingerprint density at radius 2 is 1.58 bits per heavy atom. The summed E-state index contributed by atoms with van der Waals surface area (Å²) in [6.07, 6.45) is 0. The number of ether oxygens (including phenoxy) is 4. The minimum atomic E-state index is -0.966. The predicted molar refractivity (Wildman–Crippen MR) is 84.4 cm³/mol. The molecule has 0 spiro atoms. The van der Waals surface area contributed by atoms with Crippen LogP contribution in [0.5, 0.6) is 0 Å². The summed E-state index contributed by atoms with van der Waals surface area (Å²) in [7, 11) is 2.17. The number of esters is 4. The Morgan fingerprint density at radius 1 is 0.962 bits per heavy atom. The number of hydrogen-bond acceptors (Lipinski definition) is 10. The van der Waals surface area contributed by atoms with Crippen LogP contribution in [0, 0.1) is 0 Å². The molecule has 1 aromatic rings. The fourth-order valence-electron chi connectivity index (χ4n) is 1.83. The monoisotopic (exact) mass is 369 g/mol. The van der Waals surface area contributed by atoms with Crippen molar-refractivity contribution in [3.05, 3.63) is 28.5 Å². The van der Waals surface area contributed by atoms with Crippen molar-refractivity contribution in [1.82, 2.24) is 0 Å². The first-order valence-electron chi connectivity index (χ1n) is 7.57. The number of nitrogens with zero attached hydrogens (tertiary/aromatic N) is 1. The molecule has 0 aliphatic heterocycles. The molecule has 0 amide bonds. The van der Waals surface area contributed by atoms with E-state index in [1.165, 1.54) is 0 Å². The lowest BCUT2D eigenvalue weighted by Crippen LogP contribution is -2.26. The second kappa shape index (κ2) is 9.97. The molecule has 26 heavy (non-hydrogen) atoms. The minimum Gasteiger partial charge on any atom is -0.465 e. The van der Waals surface area contributed by atoms with Gasteiger partial charge in [0.1, 0.15) is 12.1 Å². The fraction of sp³-hybridized carbons (Fsp3) is 0.438. The smallest absolute Gasteiger partial charge is 0.374 e.